The van der Waals surface area contributed by atoms with Crippen molar-refractivity contribution in [1.82, 2.24) is 4.98 Å². The highest BCUT2D eigenvalue weighted by atomic mass is 79.9. The second kappa shape index (κ2) is 5.48. The van der Waals surface area contributed by atoms with Crippen LogP contribution in [-0.4, -0.2) is 13.4 Å². The smallest absolute Gasteiger partial charge is 0.264 e. The number of rotatable bonds is 4. The zero-order valence-corrected chi connectivity index (χ0v) is 13.3. The first kappa shape index (κ1) is 14.3. The Balaban J connectivity index is 2.41. The maximum Gasteiger partial charge on any atom is 0.264 e. The fourth-order valence-corrected chi connectivity index (χ4v) is 4.28. The third-order valence-electron chi connectivity index (χ3n) is 2.46. The van der Waals surface area contributed by atoms with Gasteiger partial charge in [0, 0.05) is 5.69 Å². The van der Waals surface area contributed by atoms with Crippen LogP contribution in [0.1, 0.15) is 12.5 Å². The molecular weight excluding hydrogens is 350 g/mol. The molecule has 0 amide bonds. The average molecular weight is 362 g/mol. The van der Waals surface area contributed by atoms with Gasteiger partial charge < -0.3 is 5.73 Å². The number of nitrogens with zero attached hydrogens (tertiary/aromatic N) is 1. The normalized spacial score (nSPS) is 11.5. The summed E-state index contributed by atoms with van der Waals surface area (Å²) in [6.07, 6.45) is 2.15. The summed E-state index contributed by atoms with van der Waals surface area (Å²) in [5, 5.41) is 0.316. The SMILES string of the molecule is CCc1ccc(N)cc1S(=O)(=O)Nc1ncc(Br)s1. The molecule has 0 aliphatic heterocycles. The van der Waals surface area contributed by atoms with Crippen molar-refractivity contribution in [2.45, 2.75) is 18.2 Å². The molecule has 1 aromatic heterocycles. The van der Waals surface area contributed by atoms with Gasteiger partial charge in [0.25, 0.3) is 10.0 Å². The quantitative estimate of drug-likeness (QED) is 0.819. The molecule has 0 radical (unpaired) electrons. The van der Waals surface area contributed by atoms with Crippen LogP contribution >= 0.6 is 27.3 Å². The van der Waals surface area contributed by atoms with Crippen LogP contribution in [0.5, 0.6) is 0 Å². The molecule has 19 heavy (non-hydrogen) atoms. The van der Waals surface area contributed by atoms with E-state index in [1.165, 1.54) is 17.4 Å². The summed E-state index contributed by atoms with van der Waals surface area (Å²) in [5.41, 5.74) is 6.80. The van der Waals surface area contributed by atoms with Gasteiger partial charge in [-0.25, -0.2) is 13.4 Å². The van der Waals surface area contributed by atoms with Gasteiger partial charge in [-0.3, -0.25) is 4.72 Å². The summed E-state index contributed by atoms with van der Waals surface area (Å²) in [5.74, 6) is 0. The first-order valence-corrected chi connectivity index (χ1v) is 8.54. The number of sulfonamides is 1. The highest BCUT2D eigenvalue weighted by Gasteiger charge is 2.19. The molecular formula is C11H12BrN3O2S2. The Hall–Kier alpha value is -1.12. The molecule has 3 N–H and O–H groups in total. The maximum absolute atomic E-state index is 12.3. The Morgan fingerprint density at radius 2 is 2.21 bits per heavy atom. The van der Waals surface area contributed by atoms with E-state index < -0.39 is 10.0 Å². The Kier molecular flexibility index (Phi) is 4.12. The fourth-order valence-electron chi connectivity index (χ4n) is 1.58. The Morgan fingerprint density at radius 1 is 1.47 bits per heavy atom. The van der Waals surface area contributed by atoms with E-state index >= 15 is 0 Å². The number of hydrogen-bond donors (Lipinski definition) is 2. The van der Waals surface area contributed by atoms with Crippen molar-refractivity contribution in [2.24, 2.45) is 0 Å². The highest BCUT2D eigenvalue weighted by molar-refractivity contribution is 9.11. The van der Waals surface area contributed by atoms with E-state index in [1.807, 2.05) is 6.92 Å². The molecule has 1 heterocycles. The summed E-state index contributed by atoms with van der Waals surface area (Å²) in [4.78, 5) is 4.15. The van der Waals surface area contributed by atoms with Gasteiger partial charge in [-0.15, -0.1) is 0 Å². The third kappa shape index (κ3) is 3.26. The lowest BCUT2D eigenvalue weighted by atomic mass is 10.1. The molecule has 1 aromatic carbocycles. The molecule has 0 bridgehead atoms. The average Bonchev–Trinajstić information content (AvgIpc) is 2.74. The Morgan fingerprint density at radius 3 is 2.79 bits per heavy atom. The highest BCUT2D eigenvalue weighted by Crippen LogP contribution is 2.27. The predicted molar refractivity (Wildman–Crippen MR) is 80.9 cm³/mol. The third-order valence-corrected chi connectivity index (χ3v) is 5.40. The second-order valence-corrected chi connectivity index (χ2v) is 7.86. The van der Waals surface area contributed by atoms with E-state index in [4.69, 9.17) is 5.73 Å². The molecule has 0 fully saturated rings. The van der Waals surface area contributed by atoms with Gasteiger partial charge in [-0.1, -0.05) is 24.3 Å². The second-order valence-electron chi connectivity index (χ2n) is 3.80. The van der Waals surface area contributed by atoms with Crippen LogP contribution in [0.15, 0.2) is 33.1 Å². The van der Waals surface area contributed by atoms with Crippen LogP contribution in [-0.2, 0) is 16.4 Å². The van der Waals surface area contributed by atoms with Crippen molar-refractivity contribution in [1.29, 1.82) is 0 Å². The van der Waals surface area contributed by atoms with Crippen LogP contribution in [0, 0.1) is 0 Å². The van der Waals surface area contributed by atoms with Crippen LogP contribution in [0.4, 0.5) is 10.8 Å². The number of aryl methyl sites for hydroxylation is 1. The fraction of sp³-hybridized carbons (Fsp3) is 0.182. The minimum Gasteiger partial charge on any atom is -0.399 e. The van der Waals surface area contributed by atoms with E-state index in [1.54, 1.807) is 18.3 Å². The number of halogens is 1. The molecule has 0 saturated heterocycles. The number of thiazole rings is 1. The predicted octanol–water partition coefficient (Wildman–Crippen LogP) is 2.85. The summed E-state index contributed by atoms with van der Waals surface area (Å²) in [7, 11) is -3.67. The van der Waals surface area contributed by atoms with Crippen LogP contribution in [0.25, 0.3) is 0 Å². The van der Waals surface area contributed by atoms with E-state index in [2.05, 4.69) is 25.6 Å². The van der Waals surface area contributed by atoms with Crippen LogP contribution in [0.2, 0.25) is 0 Å². The maximum atomic E-state index is 12.3. The number of hydrogen-bond acceptors (Lipinski definition) is 5. The van der Waals surface area contributed by atoms with Gasteiger partial charge in [-0.05, 0) is 40.0 Å². The van der Waals surface area contributed by atoms with Gasteiger partial charge in [-0.2, -0.15) is 0 Å². The standard InChI is InChI=1S/C11H12BrN3O2S2/c1-2-7-3-4-8(13)5-9(7)19(16,17)15-11-14-6-10(12)18-11/h3-6H,2,13H2,1H3,(H,14,15). The first-order chi connectivity index (χ1) is 8.92. The molecule has 0 saturated carbocycles. The molecule has 102 valence electrons. The van der Waals surface area contributed by atoms with E-state index in [9.17, 15) is 8.42 Å². The van der Waals surface area contributed by atoms with E-state index in [0.717, 1.165) is 9.35 Å². The minimum atomic E-state index is -3.67. The molecule has 0 unspecified atom stereocenters. The van der Waals surface area contributed by atoms with Crippen molar-refractivity contribution in [2.75, 3.05) is 10.5 Å². The molecule has 0 spiro atoms. The van der Waals surface area contributed by atoms with Gasteiger partial charge in [0.05, 0.1) is 14.9 Å². The summed E-state index contributed by atoms with van der Waals surface area (Å²) >= 11 is 4.45. The Labute approximate surface area is 124 Å². The molecule has 8 heteroatoms. The number of nitrogen functional groups attached to an aromatic ring is 1. The lowest BCUT2D eigenvalue weighted by Crippen LogP contribution is -2.15. The number of benzene rings is 1. The van der Waals surface area contributed by atoms with E-state index in [-0.39, 0.29) is 4.90 Å². The Bertz CT molecular complexity index is 698. The van der Waals surface area contributed by atoms with Crippen molar-refractivity contribution in [3.8, 4) is 0 Å². The summed E-state index contributed by atoms with van der Waals surface area (Å²) < 4.78 is 27.9. The molecule has 5 nitrogen and oxygen atoms in total. The molecule has 2 rings (SSSR count). The molecule has 0 atom stereocenters. The molecule has 0 aliphatic carbocycles. The topological polar surface area (TPSA) is 85.1 Å². The number of aromatic nitrogens is 1. The number of anilines is 2. The number of nitrogens with two attached hydrogens (primary N) is 1. The van der Waals surface area contributed by atoms with Crippen LogP contribution < -0.4 is 10.5 Å². The van der Waals surface area contributed by atoms with Gasteiger partial charge in [0.1, 0.15) is 0 Å². The zero-order valence-electron chi connectivity index (χ0n) is 10.1. The number of nitrogens with one attached hydrogen (secondary N) is 1. The van der Waals surface area contributed by atoms with Crippen molar-refractivity contribution in [3.63, 3.8) is 0 Å². The van der Waals surface area contributed by atoms with Gasteiger partial charge >= 0.3 is 0 Å². The molecule has 0 aliphatic rings. The van der Waals surface area contributed by atoms with E-state index in [0.29, 0.717) is 17.2 Å². The lowest BCUT2D eigenvalue weighted by Gasteiger charge is -2.10. The van der Waals surface area contributed by atoms with Crippen molar-refractivity contribution < 1.29 is 8.42 Å². The van der Waals surface area contributed by atoms with Crippen molar-refractivity contribution >= 4 is 48.1 Å². The van der Waals surface area contributed by atoms with Crippen molar-refractivity contribution in [3.05, 3.63) is 33.7 Å². The zero-order chi connectivity index (χ0) is 14.0. The summed E-state index contributed by atoms with van der Waals surface area (Å²) in [6.45, 7) is 1.89. The largest absolute Gasteiger partial charge is 0.399 e. The minimum absolute atomic E-state index is 0.196. The van der Waals surface area contributed by atoms with Crippen LogP contribution in [0.3, 0.4) is 0 Å². The lowest BCUT2D eigenvalue weighted by molar-refractivity contribution is 0.600. The van der Waals surface area contributed by atoms with Gasteiger partial charge in [0.2, 0.25) is 0 Å². The molecule has 2 aromatic rings. The van der Waals surface area contributed by atoms with Gasteiger partial charge in [0.15, 0.2) is 5.13 Å². The first-order valence-electron chi connectivity index (χ1n) is 5.45. The summed E-state index contributed by atoms with van der Waals surface area (Å²) in [6, 6.07) is 4.88. The monoisotopic (exact) mass is 361 g/mol.